The van der Waals surface area contributed by atoms with Crippen LogP contribution in [-0.4, -0.2) is 4.98 Å². The predicted octanol–water partition coefficient (Wildman–Crippen LogP) is 4.21. The smallest absolute Gasteiger partial charge is 0.292 e. The molecule has 1 aromatic heterocycles. The van der Waals surface area contributed by atoms with Gasteiger partial charge in [0.1, 0.15) is 11.5 Å². The van der Waals surface area contributed by atoms with E-state index >= 15 is 0 Å². The summed E-state index contributed by atoms with van der Waals surface area (Å²) in [6, 6.07) is 16.9. The summed E-state index contributed by atoms with van der Waals surface area (Å²) in [6.45, 7) is 3.97. The molecule has 0 spiro atoms. The van der Waals surface area contributed by atoms with Crippen molar-refractivity contribution in [3.63, 3.8) is 0 Å². The summed E-state index contributed by atoms with van der Waals surface area (Å²) >= 11 is 0. The van der Waals surface area contributed by atoms with E-state index in [0.717, 1.165) is 22.6 Å². The van der Waals surface area contributed by atoms with Crippen molar-refractivity contribution in [3.05, 3.63) is 59.9 Å². The van der Waals surface area contributed by atoms with Gasteiger partial charge >= 0.3 is 0 Å². The summed E-state index contributed by atoms with van der Waals surface area (Å²) in [4.78, 5) is 4.24. The van der Waals surface area contributed by atoms with E-state index in [4.69, 9.17) is 10.2 Å². The molecule has 0 atom stereocenters. The highest BCUT2D eigenvalue weighted by atomic mass is 16.4. The van der Waals surface area contributed by atoms with Crippen LogP contribution in [0.4, 0.5) is 6.01 Å². The van der Waals surface area contributed by atoms with Crippen LogP contribution in [0.15, 0.2) is 52.9 Å². The Hall–Kier alpha value is -2.55. The van der Waals surface area contributed by atoms with E-state index in [1.807, 2.05) is 19.1 Å². The second-order valence-corrected chi connectivity index (χ2v) is 4.91. The zero-order chi connectivity index (χ0) is 14.1. The molecule has 0 radical (unpaired) electrons. The number of benzene rings is 2. The Morgan fingerprint density at radius 1 is 0.900 bits per heavy atom. The van der Waals surface area contributed by atoms with Crippen LogP contribution in [0.3, 0.4) is 0 Å². The minimum Gasteiger partial charge on any atom is -0.429 e. The first-order chi connectivity index (χ1) is 9.63. The number of rotatable bonds is 2. The van der Waals surface area contributed by atoms with Crippen molar-refractivity contribution in [1.29, 1.82) is 0 Å². The number of hydrogen-bond donors (Lipinski definition) is 1. The number of oxazole rings is 1. The summed E-state index contributed by atoms with van der Waals surface area (Å²) in [5, 5.41) is 0. The molecular formula is C17H16N2O. The van der Waals surface area contributed by atoms with Crippen LogP contribution in [0, 0.1) is 13.8 Å². The van der Waals surface area contributed by atoms with Crippen LogP contribution in [-0.2, 0) is 0 Å². The average Bonchev–Trinajstić information content (AvgIpc) is 2.78. The van der Waals surface area contributed by atoms with E-state index in [0.29, 0.717) is 0 Å². The minimum absolute atomic E-state index is 0.207. The van der Waals surface area contributed by atoms with Gasteiger partial charge in [0.05, 0.1) is 0 Å². The van der Waals surface area contributed by atoms with Crippen molar-refractivity contribution in [2.75, 3.05) is 5.73 Å². The third-order valence-corrected chi connectivity index (χ3v) is 3.30. The minimum atomic E-state index is 0.207. The highest BCUT2D eigenvalue weighted by Gasteiger charge is 2.10. The van der Waals surface area contributed by atoms with Crippen molar-refractivity contribution in [2.45, 2.75) is 13.8 Å². The van der Waals surface area contributed by atoms with Crippen LogP contribution >= 0.6 is 0 Å². The Morgan fingerprint density at radius 3 is 2.20 bits per heavy atom. The molecule has 2 aromatic carbocycles. The number of nitrogens with zero attached hydrogens (tertiary/aromatic N) is 1. The molecule has 0 bridgehead atoms. The zero-order valence-corrected chi connectivity index (χ0v) is 11.6. The molecule has 3 heteroatoms. The van der Waals surface area contributed by atoms with Gasteiger partial charge in [0.2, 0.25) is 0 Å². The van der Waals surface area contributed by atoms with Gasteiger partial charge < -0.3 is 10.2 Å². The van der Waals surface area contributed by atoms with Crippen LogP contribution in [0.5, 0.6) is 0 Å². The monoisotopic (exact) mass is 264 g/mol. The van der Waals surface area contributed by atoms with Gasteiger partial charge in [-0.2, -0.15) is 4.98 Å². The predicted molar refractivity (Wildman–Crippen MR) is 81.3 cm³/mol. The zero-order valence-electron chi connectivity index (χ0n) is 11.6. The van der Waals surface area contributed by atoms with Crippen LogP contribution in [0.2, 0.25) is 0 Å². The SMILES string of the molecule is Cc1cccc(-c2cccc(-c3nc(N)oc3C)c2)c1. The lowest BCUT2D eigenvalue weighted by atomic mass is 10.00. The maximum Gasteiger partial charge on any atom is 0.292 e. The first-order valence-electron chi connectivity index (χ1n) is 6.54. The molecule has 0 saturated heterocycles. The fourth-order valence-corrected chi connectivity index (χ4v) is 2.36. The van der Waals surface area contributed by atoms with Gasteiger partial charge in [0, 0.05) is 5.56 Å². The molecule has 3 aromatic rings. The quantitative estimate of drug-likeness (QED) is 0.754. The Balaban J connectivity index is 2.08. The molecule has 0 amide bonds. The van der Waals surface area contributed by atoms with Gasteiger partial charge in [-0.1, -0.05) is 48.0 Å². The number of anilines is 1. The molecule has 0 saturated carbocycles. The Morgan fingerprint density at radius 2 is 1.55 bits per heavy atom. The van der Waals surface area contributed by atoms with E-state index in [2.05, 4.69) is 48.3 Å². The summed E-state index contributed by atoms with van der Waals surface area (Å²) in [6.07, 6.45) is 0. The first kappa shape index (κ1) is 12.5. The molecule has 0 unspecified atom stereocenters. The van der Waals surface area contributed by atoms with E-state index in [-0.39, 0.29) is 6.01 Å². The highest BCUT2D eigenvalue weighted by molar-refractivity contribution is 5.72. The van der Waals surface area contributed by atoms with Crippen LogP contribution in [0.25, 0.3) is 22.4 Å². The van der Waals surface area contributed by atoms with Crippen LogP contribution in [0.1, 0.15) is 11.3 Å². The Kier molecular flexibility index (Phi) is 3.03. The van der Waals surface area contributed by atoms with Gasteiger partial charge in [-0.3, -0.25) is 0 Å². The largest absolute Gasteiger partial charge is 0.429 e. The van der Waals surface area contributed by atoms with Gasteiger partial charge in [-0.15, -0.1) is 0 Å². The maximum absolute atomic E-state index is 5.61. The van der Waals surface area contributed by atoms with Crippen molar-refractivity contribution < 1.29 is 4.42 Å². The van der Waals surface area contributed by atoms with Crippen molar-refractivity contribution in [1.82, 2.24) is 4.98 Å². The van der Waals surface area contributed by atoms with E-state index < -0.39 is 0 Å². The van der Waals surface area contributed by atoms with Crippen LogP contribution < -0.4 is 5.73 Å². The standard InChI is InChI=1S/C17H16N2O/c1-11-5-3-6-13(9-11)14-7-4-8-15(10-14)16-12(2)20-17(18)19-16/h3-10H,1-2H3,(H2,18,19). The Bertz CT molecular complexity index is 759. The lowest BCUT2D eigenvalue weighted by Crippen LogP contribution is -1.85. The number of nitrogens with two attached hydrogens (primary N) is 1. The maximum atomic E-state index is 5.61. The van der Waals surface area contributed by atoms with Gasteiger partial charge in [-0.25, -0.2) is 0 Å². The van der Waals surface area contributed by atoms with Crippen molar-refractivity contribution in [2.24, 2.45) is 0 Å². The van der Waals surface area contributed by atoms with Gasteiger partial charge in [-0.05, 0) is 31.0 Å². The fourth-order valence-electron chi connectivity index (χ4n) is 2.36. The summed E-state index contributed by atoms with van der Waals surface area (Å²) < 4.78 is 5.30. The molecule has 1 heterocycles. The van der Waals surface area contributed by atoms with Gasteiger partial charge in [0.15, 0.2) is 0 Å². The molecule has 0 aliphatic rings. The highest BCUT2D eigenvalue weighted by Crippen LogP contribution is 2.29. The summed E-state index contributed by atoms with van der Waals surface area (Å²) in [5.41, 5.74) is 11.0. The number of nitrogen functional groups attached to an aromatic ring is 1. The molecule has 0 aliphatic heterocycles. The lowest BCUT2D eigenvalue weighted by Gasteiger charge is -2.05. The van der Waals surface area contributed by atoms with Gasteiger partial charge in [0.25, 0.3) is 6.01 Å². The third kappa shape index (κ3) is 2.30. The van der Waals surface area contributed by atoms with Crippen molar-refractivity contribution >= 4 is 6.01 Å². The molecule has 3 nitrogen and oxygen atoms in total. The van der Waals surface area contributed by atoms with Crippen molar-refractivity contribution in [3.8, 4) is 22.4 Å². The third-order valence-electron chi connectivity index (χ3n) is 3.30. The molecule has 3 rings (SSSR count). The van der Waals surface area contributed by atoms with E-state index in [1.165, 1.54) is 11.1 Å². The molecule has 0 aliphatic carbocycles. The number of aryl methyl sites for hydroxylation is 2. The molecule has 0 fully saturated rings. The van der Waals surface area contributed by atoms with E-state index in [1.54, 1.807) is 0 Å². The summed E-state index contributed by atoms with van der Waals surface area (Å²) in [7, 11) is 0. The first-order valence-corrected chi connectivity index (χ1v) is 6.54. The number of hydrogen-bond acceptors (Lipinski definition) is 3. The normalized spacial score (nSPS) is 10.7. The fraction of sp³-hybridized carbons (Fsp3) is 0.118. The summed E-state index contributed by atoms with van der Waals surface area (Å²) in [5.74, 6) is 0.740. The Labute approximate surface area is 118 Å². The van der Waals surface area contributed by atoms with E-state index in [9.17, 15) is 0 Å². The molecular weight excluding hydrogens is 248 g/mol. The molecule has 20 heavy (non-hydrogen) atoms. The lowest BCUT2D eigenvalue weighted by molar-refractivity contribution is 0.549. The second kappa shape index (κ2) is 4.85. The molecule has 100 valence electrons. The second-order valence-electron chi connectivity index (χ2n) is 4.91. The number of aromatic nitrogens is 1. The topological polar surface area (TPSA) is 52.0 Å². The average molecular weight is 264 g/mol. The molecule has 2 N–H and O–H groups in total.